The summed E-state index contributed by atoms with van der Waals surface area (Å²) in [6.07, 6.45) is 0. The van der Waals surface area contributed by atoms with Gasteiger partial charge in [0.2, 0.25) is 0 Å². The predicted molar refractivity (Wildman–Crippen MR) is 65.6 cm³/mol. The van der Waals surface area contributed by atoms with E-state index < -0.39 is 0 Å². The van der Waals surface area contributed by atoms with Gasteiger partial charge in [-0.15, -0.1) is 0 Å². The summed E-state index contributed by atoms with van der Waals surface area (Å²) in [5.41, 5.74) is 7.82. The van der Waals surface area contributed by atoms with Crippen molar-refractivity contribution in [3.05, 3.63) is 23.8 Å². The van der Waals surface area contributed by atoms with Gasteiger partial charge in [0.1, 0.15) is 5.75 Å². The highest BCUT2D eigenvalue weighted by Crippen LogP contribution is 2.19. The van der Waals surface area contributed by atoms with Gasteiger partial charge < -0.3 is 15.8 Å². The summed E-state index contributed by atoms with van der Waals surface area (Å²) >= 11 is 0. The van der Waals surface area contributed by atoms with Crippen LogP contribution < -0.4 is 15.8 Å². The molecule has 1 heterocycles. The van der Waals surface area contributed by atoms with Gasteiger partial charge in [-0.2, -0.15) is 0 Å². The number of benzene rings is 1. The number of anilines is 1. The summed E-state index contributed by atoms with van der Waals surface area (Å²) in [6.45, 7) is 5.27. The van der Waals surface area contributed by atoms with Crippen LogP contribution in [0, 0.1) is 0 Å². The molecule has 0 aromatic heterocycles. The van der Waals surface area contributed by atoms with Gasteiger partial charge in [-0.25, -0.2) is 0 Å². The average molecular weight is 221 g/mol. The highest BCUT2D eigenvalue weighted by Gasteiger charge is 2.10. The third kappa shape index (κ3) is 2.87. The van der Waals surface area contributed by atoms with Crippen molar-refractivity contribution >= 4 is 5.69 Å². The standard InChI is InChI=1S/C12H19N3O/c1-16-12-7-10(6-11(13)8-12)9-15-4-2-14-3-5-15/h6-8,14H,2-5,9,13H2,1H3. The monoisotopic (exact) mass is 221 g/mol. The third-order valence-corrected chi connectivity index (χ3v) is 2.84. The fraction of sp³-hybridized carbons (Fsp3) is 0.500. The predicted octanol–water partition coefficient (Wildman–Crippen LogP) is 0.683. The van der Waals surface area contributed by atoms with Crippen molar-refractivity contribution in [2.24, 2.45) is 0 Å². The number of rotatable bonds is 3. The van der Waals surface area contributed by atoms with Crippen molar-refractivity contribution in [2.75, 3.05) is 39.0 Å². The first-order chi connectivity index (χ1) is 7.78. The summed E-state index contributed by atoms with van der Waals surface area (Å²) < 4.78 is 5.21. The number of hydrogen-bond donors (Lipinski definition) is 2. The number of hydrogen-bond acceptors (Lipinski definition) is 4. The van der Waals surface area contributed by atoms with Crippen molar-refractivity contribution < 1.29 is 4.74 Å². The zero-order valence-electron chi connectivity index (χ0n) is 9.70. The van der Waals surface area contributed by atoms with E-state index in [-0.39, 0.29) is 0 Å². The molecular formula is C12H19N3O. The van der Waals surface area contributed by atoms with E-state index in [4.69, 9.17) is 10.5 Å². The second-order valence-corrected chi connectivity index (χ2v) is 4.14. The maximum absolute atomic E-state index is 5.83. The second-order valence-electron chi connectivity index (χ2n) is 4.14. The van der Waals surface area contributed by atoms with Gasteiger partial charge in [-0.05, 0) is 17.7 Å². The minimum Gasteiger partial charge on any atom is -0.497 e. The van der Waals surface area contributed by atoms with Gasteiger partial charge in [0, 0.05) is 44.5 Å². The van der Waals surface area contributed by atoms with Crippen molar-refractivity contribution in [2.45, 2.75) is 6.54 Å². The molecule has 1 aromatic carbocycles. The Labute approximate surface area is 96.4 Å². The van der Waals surface area contributed by atoms with E-state index in [9.17, 15) is 0 Å². The van der Waals surface area contributed by atoms with Crippen molar-refractivity contribution in [1.29, 1.82) is 0 Å². The zero-order valence-corrected chi connectivity index (χ0v) is 9.70. The van der Waals surface area contributed by atoms with Crippen LogP contribution in [0.2, 0.25) is 0 Å². The molecule has 3 N–H and O–H groups in total. The summed E-state index contributed by atoms with van der Waals surface area (Å²) in [7, 11) is 1.67. The highest BCUT2D eigenvalue weighted by molar-refractivity contribution is 5.47. The molecule has 1 aliphatic rings. The molecule has 0 atom stereocenters. The number of piperazine rings is 1. The summed E-state index contributed by atoms with van der Waals surface area (Å²) in [5, 5.41) is 3.34. The van der Waals surface area contributed by atoms with E-state index in [0.29, 0.717) is 0 Å². The maximum atomic E-state index is 5.83. The van der Waals surface area contributed by atoms with Crippen LogP contribution in [-0.2, 0) is 6.54 Å². The first-order valence-corrected chi connectivity index (χ1v) is 5.64. The van der Waals surface area contributed by atoms with Crippen LogP contribution >= 0.6 is 0 Å². The second kappa shape index (κ2) is 5.18. The fourth-order valence-corrected chi connectivity index (χ4v) is 2.02. The molecule has 1 saturated heterocycles. The largest absolute Gasteiger partial charge is 0.497 e. The number of methoxy groups -OCH3 is 1. The molecule has 0 saturated carbocycles. The number of nitrogens with one attached hydrogen (secondary N) is 1. The quantitative estimate of drug-likeness (QED) is 0.737. The van der Waals surface area contributed by atoms with Crippen LogP contribution in [0.25, 0.3) is 0 Å². The molecule has 0 amide bonds. The highest BCUT2D eigenvalue weighted by atomic mass is 16.5. The molecule has 1 aromatic rings. The van der Waals surface area contributed by atoms with Crippen molar-refractivity contribution in [1.82, 2.24) is 10.2 Å². The summed E-state index contributed by atoms with van der Waals surface area (Å²) in [4.78, 5) is 2.42. The maximum Gasteiger partial charge on any atom is 0.121 e. The Morgan fingerprint density at radius 1 is 1.31 bits per heavy atom. The molecular weight excluding hydrogens is 202 g/mol. The minimum atomic E-state index is 0.768. The Bertz CT molecular complexity index is 348. The topological polar surface area (TPSA) is 50.5 Å². The fourth-order valence-electron chi connectivity index (χ4n) is 2.02. The van der Waals surface area contributed by atoms with Crippen molar-refractivity contribution in [3.63, 3.8) is 0 Å². The number of nitrogens with zero attached hydrogens (tertiary/aromatic N) is 1. The van der Waals surface area contributed by atoms with E-state index in [0.717, 1.165) is 44.2 Å². The van der Waals surface area contributed by atoms with Gasteiger partial charge in [0.25, 0.3) is 0 Å². The van der Waals surface area contributed by atoms with Gasteiger partial charge in [0.05, 0.1) is 7.11 Å². The molecule has 88 valence electrons. The SMILES string of the molecule is COc1cc(N)cc(CN2CCNCC2)c1. The molecule has 4 heteroatoms. The summed E-state index contributed by atoms with van der Waals surface area (Å²) in [5.74, 6) is 0.838. The smallest absolute Gasteiger partial charge is 0.121 e. The molecule has 4 nitrogen and oxygen atoms in total. The minimum absolute atomic E-state index is 0.768. The van der Waals surface area contributed by atoms with E-state index in [1.165, 1.54) is 5.56 Å². The van der Waals surface area contributed by atoms with Crippen LogP contribution in [0.1, 0.15) is 5.56 Å². The van der Waals surface area contributed by atoms with E-state index in [1.807, 2.05) is 12.1 Å². The lowest BCUT2D eigenvalue weighted by molar-refractivity contribution is 0.233. The van der Waals surface area contributed by atoms with Gasteiger partial charge in [-0.3, -0.25) is 4.90 Å². The van der Waals surface area contributed by atoms with Crippen LogP contribution in [0.15, 0.2) is 18.2 Å². The normalized spacial score (nSPS) is 17.3. The molecule has 0 bridgehead atoms. The number of ether oxygens (including phenoxy) is 1. The molecule has 2 rings (SSSR count). The van der Waals surface area contributed by atoms with E-state index in [2.05, 4.69) is 16.3 Å². The van der Waals surface area contributed by atoms with E-state index in [1.54, 1.807) is 7.11 Å². The summed E-state index contributed by atoms with van der Waals surface area (Å²) in [6, 6.07) is 5.92. The molecule has 0 unspecified atom stereocenters. The lowest BCUT2D eigenvalue weighted by atomic mass is 10.1. The zero-order chi connectivity index (χ0) is 11.4. The molecule has 16 heavy (non-hydrogen) atoms. The molecule has 1 aliphatic heterocycles. The Kier molecular flexibility index (Phi) is 3.64. The van der Waals surface area contributed by atoms with Gasteiger partial charge >= 0.3 is 0 Å². The van der Waals surface area contributed by atoms with Gasteiger partial charge in [0.15, 0.2) is 0 Å². The Hall–Kier alpha value is -1.26. The first-order valence-electron chi connectivity index (χ1n) is 5.64. The third-order valence-electron chi connectivity index (χ3n) is 2.84. The number of nitrogen functional groups attached to an aromatic ring is 1. The average Bonchev–Trinajstić information content (AvgIpc) is 2.29. The number of nitrogens with two attached hydrogens (primary N) is 1. The molecule has 0 spiro atoms. The van der Waals surface area contributed by atoms with E-state index >= 15 is 0 Å². The van der Waals surface area contributed by atoms with Crippen LogP contribution in [0.4, 0.5) is 5.69 Å². The van der Waals surface area contributed by atoms with Gasteiger partial charge in [-0.1, -0.05) is 0 Å². The molecule has 0 aliphatic carbocycles. The Morgan fingerprint density at radius 3 is 2.75 bits per heavy atom. The van der Waals surface area contributed by atoms with Crippen molar-refractivity contribution in [3.8, 4) is 5.75 Å². The van der Waals surface area contributed by atoms with Crippen LogP contribution in [0.3, 0.4) is 0 Å². The Balaban J connectivity index is 2.04. The van der Waals surface area contributed by atoms with Crippen LogP contribution in [-0.4, -0.2) is 38.2 Å². The van der Waals surface area contributed by atoms with Crippen LogP contribution in [0.5, 0.6) is 5.75 Å². The molecule has 1 fully saturated rings. The Morgan fingerprint density at radius 2 is 2.06 bits per heavy atom. The lowest BCUT2D eigenvalue weighted by Crippen LogP contribution is -2.42. The first kappa shape index (κ1) is 11.2. The lowest BCUT2D eigenvalue weighted by Gasteiger charge is -2.27. The molecule has 0 radical (unpaired) electrons.